The number of esters is 1. The van der Waals surface area contributed by atoms with Gasteiger partial charge in [-0.15, -0.1) is 5.10 Å². The van der Waals surface area contributed by atoms with Crippen molar-refractivity contribution >= 4 is 5.97 Å². The Morgan fingerprint density at radius 2 is 1.86 bits per heavy atom. The molecule has 1 aliphatic rings. The van der Waals surface area contributed by atoms with Crippen LogP contribution < -0.4 is 0 Å². The van der Waals surface area contributed by atoms with Crippen molar-refractivity contribution in [3.63, 3.8) is 0 Å². The highest BCUT2D eigenvalue weighted by Crippen LogP contribution is 2.28. The summed E-state index contributed by atoms with van der Waals surface area (Å²) in [7, 11) is 0. The number of carbonyl (C=O) groups is 1. The lowest BCUT2D eigenvalue weighted by Gasteiger charge is -2.40. The van der Waals surface area contributed by atoms with E-state index in [-0.39, 0.29) is 18.6 Å². The summed E-state index contributed by atoms with van der Waals surface area (Å²) in [6, 6.07) is 10.6. The molecule has 1 aromatic heterocycles. The second-order valence-corrected chi connectivity index (χ2v) is 7.49. The predicted molar refractivity (Wildman–Crippen MR) is 105 cm³/mol. The topological polar surface area (TPSA) is 76.4 Å². The molecule has 1 aromatic carbocycles. The average molecular weight is 387 g/mol. The zero-order valence-corrected chi connectivity index (χ0v) is 17.0. The molecule has 1 aliphatic heterocycles. The zero-order chi connectivity index (χ0) is 19.9. The Morgan fingerprint density at radius 1 is 1.14 bits per heavy atom. The monoisotopic (exact) mass is 386 g/mol. The van der Waals surface area contributed by atoms with Crippen LogP contribution in [0.3, 0.4) is 0 Å². The van der Waals surface area contributed by atoms with Crippen LogP contribution in [0.2, 0.25) is 0 Å². The molecule has 0 N–H and O–H groups in total. The van der Waals surface area contributed by atoms with Crippen LogP contribution in [-0.2, 0) is 22.6 Å². The van der Waals surface area contributed by atoms with Crippen molar-refractivity contribution in [2.24, 2.45) is 5.92 Å². The zero-order valence-electron chi connectivity index (χ0n) is 17.0. The first-order chi connectivity index (χ1) is 13.6. The summed E-state index contributed by atoms with van der Waals surface area (Å²) in [6.45, 7) is 11.4. The van der Waals surface area contributed by atoms with Gasteiger partial charge in [0, 0.05) is 32.7 Å². The van der Waals surface area contributed by atoms with Crippen molar-refractivity contribution in [1.29, 1.82) is 0 Å². The summed E-state index contributed by atoms with van der Waals surface area (Å²) in [5.41, 5.74) is 1.34. The van der Waals surface area contributed by atoms with E-state index in [9.17, 15) is 4.79 Å². The van der Waals surface area contributed by atoms with Crippen molar-refractivity contribution < 1.29 is 9.53 Å². The van der Waals surface area contributed by atoms with Gasteiger partial charge in [-0.25, -0.2) is 4.68 Å². The van der Waals surface area contributed by atoms with Gasteiger partial charge in [-0.05, 0) is 28.8 Å². The number of piperazine rings is 1. The molecule has 3 rings (SSSR count). The van der Waals surface area contributed by atoms with E-state index in [1.54, 1.807) is 11.6 Å². The van der Waals surface area contributed by atoms with Crippen molar-refractivity contribution in [2.45, 2.75) is 39.9 Å². The first-order valence-electron chi connectivity index (χ1n) is 10.0. The molecule has 152 valence electrons. The fraction of sp³-hybridized carbons (Fsp3) is 0.600. The molecule has 0 spiro atoms. The van der Waals surface area contributed by atoms with E-state index in [0.717, 1.165) is 38.5 Å². The second-order valence-electron chi connectivity index (χ2n) is 7.49. The molecule has 0 amide bonds. The van der Waals surface area contributed by atoms with Crippen molar-refractivity contribution in [1.82, 2.24) is 30.0 Å². The summed E-state index contributed by atoms with van der Waals surface area (Å²) in [4.78, 5) is 16.8. The molecule has 28 heavy (non-hydrogen) atoms. The lowest BCUT2D eigenvalue weighted by Crippen LogP contribution is -2.48. The third-order valence-electron chi connectivity index (χ3n) is 5.09. The number of carbonyl (C=O) groups excluding carboxylic acids is 1. The maximum atomic E-state index is 11.9. The van der Waals surface area contributed by atoms with Crippen LogP contribution in [0.4, 0.5) is 0 Å². The Kier molecular flexibility index (Phi) is 7.11. The largest absolute Gasteiger partial charge is 0.465 e. The lowest BCUT2D eigenvalue weighted by molar-refractivity contribution is -0.144. The van der Waals surface area contributed by atoms with Crippen molar-refractivity contribution in [2.75, 3.05) is 32.8 Å². The Bertz CT molecular complexity index is 740. The molecular formula is C20H30N6O2. The summed E-state index contributed by atoms with van der Waals surface area (Å²) in [5.74, 6) is 0.749. The maximum absolute atomic E-state index is 11.9. The van der Waals surface area contributed by atoms with Crippen LogP contribution in [0.15, 0.2) is 30.3 Å². The molecule has 1 atom stereocenters. The van der Waals surface area contributed by atoms with Crippen LogP contribution in [0.25, 0.3) is 0 Å². The van der Waals surface area contributed by atoms with Gasteiger partial charge in [-0.3, -0.25) is 14.6 Å². The molecule has 0 radical (unpaired) electrons. The van der Waals surface area contributed by atoms with Crippen LogP contribution >= 0.6 is 0 Å². The molecule has 1 saturated heterocycles. The number of benzene rings is 1. The van der Waals surface area contributed by atoms with Gasteiger partial charge in [0.05, 0.1) is 12.6 Å². The Labute approximate surface area is 166 Å². The highest BCUT2D eigenvalue weighted by molar-refractivity contribution is 5.69. The first-order valence-corrected chi connectivity index (χ1v) is 10.0. The fourth-order valence-electron chi connectivity index (χ4n) is 3.79. The number of hydrogen-bond donors (Lipinski definition) is 0. The van der Waals surface area contributed by atoms with Crippen LogP contribution in [0, 0.1) is 5.92 Å². The highest BCUT2D eigenvalue weighted by atomic mass is 16.5. The Morgan fingerprint density at radius 3 is 2.50 bits per heavy atom. The van der Waals surface area contributed by atoms with Gasteiger partial charge in [-0.2, -0.15) is 0 Å². The second kappa shape index (κ2) is 9.75. The number of hydrogen-bond acceptors (Lipinski definition) is 7. The van der Waals surface area contributed by atoms with E-state index < -0.39 is 0 Å². The van der Waals surface area contributed by atoms with Gasteiger partial charge < -0.3 is 4.74 Å². The van der Waals surface area contributed by atoms with Gasteiger partial charge >= 0.3 is 5.97 Å². The van der Waals surface area contributed by atoms with E-state index in [2.05, 4.69) is 69.5 Å². The Hall–Kier alpha value is -2.32. The van der Waals surface area contributed by atoms with Gasteiger partial charge in [-0.1, -0.05) is 44.2 Å². The normalized spacial score (nSPS) is 17.0. The number of ether oxygens (including phenoxy) is 1. The number of aromatic nitrogens is 4. The summed E-state index contributed by atoms with van der Waals surface area (Å²) in [6.07, 6.45) is 0. The maximum Gasteiger partial charge on any atom is 0.327 e. The van der Waals surface area contributed by atoms with E-state index in [1.807, 2.05) is 0 Å². The van der Waals surface area contributed by atoms with E-state index in [1.165, 1.54) is 5.56 Å². The van der Waals surface area contributed by atoms with E-state index >= 15 is 0 Å². The molecule has 1 fully saturated rings. The highest BCUT2D eigenvalue weighted by Gasteiger charge is 2.31. The van der Waals surface area contributed by atoms with Gasteiger partial charge in [0.15, 0.2) is 5.82 Å². The molecule has 0 saturated carbocycles. The SMILES string of the molecule is CCOC(=O)Cn1nnnc1[C@H](C(C)C)N1CCN(Cc2ccccc2)CC1. The van der Waals surface area contributed by atoms with Crippen LogP contribution in [0.5, 0.6) is 0 Å². The van der Waals surface area contributed by atoms with E-state index in [4.69, 9.17) is 4.74 Å². The fourth-order valence-corrected chi connectivity index (χ4v) is 3.79. The average Bonchev–Trinajstić information content (AvgIpc) is 3.11. The minimum atomic E-state index is -0.314. The van der Waals surface area contributed by atoms with E-state index in [0.29, 0.717) is 12.5 Å². The lowest BCUT2D eigenvalue weighted by atomic mass is 10.0. The summed E-state index contributed by atoms with van der Waals surface area (Å²) >= 11 is 0. The molecule has 0 bridgehead atoms. The molecule has 0 aliphatic carbocycles. The van der Waals surface area contributed by atoms with Gasteiger partial charge in [0.25, 0.3) is 0 Å². The molecule has 0 unspecified atom stereocenters. The van der Waals surface area contributed by atoms with Gasteiger partial charge in [0.2, 0.25) is 0 Å². The van der Waals surface area contributed by atoms with Gasteiger partial charge in [0.1, 0.15) is 6.54 Å². The van der Waals surface area contributed by atoms with Crippen molar-refractivity contribution in [3.05, 3.63) is 41.7 Å². The van der Waals surface area contributed by atoms with Crippen molar-refractivity contribution in [3.8, 4) is 0 Å². The van der Waals surface area contributed by atoms with Crippen LogP contribution in [-0.4, -0.2) is 68.8 Å². The minimum absolute atomic E-state index is 0.0490. The molecule has 8 heteroatoms. The minimum Gasteiger partial charge on any atom is -0.465 e. The molecule has 2 heterocycles. The smallest absolute Gasteiger partial charge is 0.327 e. The number of rotatable bonds is 8. The third kappa shape index (κ3) is 5.14. The Balaban J connectivity index is 1.64. The predicted octanol–water partition coefficient (Wildman–Crippen LogP) is 1.75. The summed E-state index contributed by atoms with van der Waals surface area (Å²) < 4.78 is 6.63. The van der Waals surface area contributed by atoms with Crippen LogP contribution in [0.1, 0.15) is 38.2 Å². The number of tetrazole rings is 1. The number of nitrogens with zero attached hydrogens (tertiary/aromatic N) is 6. The third-order valence-corrected chi connectivity index (χ3v) is 5.09. The standard InChI is InChI=1S/C20H30N6O2/c1-4-28-18(27)15-26-20(21-22-23-26)19(16(2)3)25-12-10-24(11-13-25)14-17-8-6-5-7-9-17/h5-9,16,19H,4,10-15H2,1-3H3/t19-/m0/s1. The quantitative estimate of drug-likeness (QED) is 0.640. The molecular weight excluding hydrogens is 356 g/mol. The first kappa shape index (κ1) is 20.4. The molecule has 2 aromatic rings. The molecule has 8 nitrogen and oxygen atoms in total. The summed E-state index contributed by atoms with van der Waals surface area (Å²) in [5, 5.41) is 12.1.